The summed E-state index contributed by atoms with van der Waals surface area (Å²) in [5.74, 6) is 0. The zero-order valence-corrected chi connectivity index (χ0v) is 8.47. The van der Waals surface area contributed by atoms with Crippen molar-refractivity contribution in [2.75, 3.05) is 20.6 Å². The highest BCUT2D eigenvalue weighted by molar-refractivity contribution is 7.09. The van der Waals surface area contributed by atoms with E-state index in [1.807, 2.05) is 14.1 Å². The molecule has 0 aliphatic rings. The zero-order chi connectivity index (χ0) is 8.97. The van der Waals surface area contributed by atoms with Crippen LogP contribution in [0.5, 0.6) is 0 Å². The van der Waals surface area contributed by atoms with Crippen molar-refractivity contribution in [3.8, 4) is 0 Å². The van der Waals surface area contributed by atoms with Crippen LogP contribution >= 0.6 is 11.3 Å². The van der Waals surface area contributed by atoms with E-state index in [2.05, 4.69) is 22.4 Å². The number of hydrogen-bond acceptors (Lipinski definition) is 3. The summed E-state index contributed by atoms with van der Waals surface area (Å²) in [6.45, 7) is 0.956. The second-order valence-electron chi connectivity index (χ2n) is 3.31. The molecule has 0 aliphatic carbocycles. The molecule has 0 aromatic carbocycles. The summed E-state index contributed by atoms with van der Waals surface area (Å²) in [6, 6.07) is 4.47. The number of rotatable bonds is 4. The number of nitrogens with zero attached hydrogens (tertiary/aromatic N) is 1. The summed E-state index contributed by atoms with van der Waals surface area (Å²) in [7, 11) is 4.10. The van der Waals surface area contributed by atoms with Gasteiger partial charge in [0.25, 0.3) is 0 Å². The molecule has 1 unspecified atom stereocenters. The van der Waals surface area contributed by atoms with Crippen molar-refractivity contribution < 1.29 is 0 Å². The third-order valence-electron chi connectivity index (χ3n) is 1.64. The Morgan fingerprint density at radius 1 is 1.58 bits per heavy atom. The summed E-state index contributed by atoms with van der Waals surface area (Å²) >= 11 is 1.78. The Kier molecular flexibility index (Phi) is 3.72. The van der Waals surface area contributed by atoms with E-state index in [-0.39, 0.29) is 6.04 Å². The first-order valence-corrected chi connectivity index (χ1v) is 4.99. The maximum Gasteiger partial charge on any atom is 0.0216 e. The van der Waals surface area contributed by atoms with Gasteiger partial charge in [0.2, 0.25) is 0 Å². The minimum atomic E-state index is 0.263. The zero-order valence-electron chi connectivity index (χ0n) is 7.66. The van der Waals surface area contributed by atoms with Gasteiger partial charge >= 0.3 is 0 Å². The Hall–Kier alpha value is -0.380. The van der Waals surface area contributed by atoms with Crippen LogP contribution < -0.4 is 5.73 Å². The Morgan fingerprint density at radius 2 is 2.33 bits per heavy atom. The molecule has 1 aromatic rings. The van der Waals surface area contributed by atoms with Crippen molar-refractivity contribution >= 4 is 11.3 Å². The van der Waals surface area contributed by atoms with Crippen LogP contribution in [-0.2, 0) is 6.42 Å². The second-order valence-corrected chi connectivity index (χ2v) is 4.34. The van der Waals surface area contributed by atoms with Crippen molar-refractivity contribution in [3.05, 3.63) is 22.4 Å². The quantitative estimate of drug-likeness (QED) is 0.761. The summed E-state index contributed by atoms with van der Waals surface area (Å²) in [6.07, 6.45) is 0.996. The van der Waals surface area contributed by atoms with Gasteiger partial charge in [-0.2, -0.15) is 0 Å². The predicted octanol–water partition coefficient (Wildman–Crippen LogP) is 1.18. The molecule has 0 aliphatic heterocycles. The van der Waals surface area contributed by atoms with Crippen molar-refractivity contribution in [1.82, 2.24) is 4.90 Å². The minimum absolute atomic E-state index is 0.263. The van der Waals surface area contributed by atoms with E-state index in [0.29, 0.717) is 0 Å². The lowest BCUT2D eigenvalue weighted by Gasteiger charge is -2.15. The van der Waals surface area contributed by atoms with E-state index >= 15 is 0 Å². The molecule has 3 heteroatoms. The lowest BCUT2D eigenvalue weighted by Crippen LogP contribution is -2.34. The second kappa shape index (κ2) is 4.60. The van der Waals surface area contributed by atoms with E-state index in [1.54, 1.807) is 11.3 Å². The molecule has 0 radical (unpaired) electrons. The van der Waals surface area contributed by atoms with Crippen LogP contribution in [0.15, 0.2) is 17.5 Å². The molecule has 1 atom stereocenters. The molecule has 0 saturated heterocycles. The molecule has 2 nitrogen and oxygen atoms in total. The van der Waals surface area contributed by atoms with Crippen molar-refractivity contribution in [3.63, 3.8) is 0 Å². The van der Waals surface area contributed by atoms with Crippen LogP contribution in [0.1, 0.15) is 4.88 Å². The van der Waals surface area contributed by atoms with Crippen LogP contribution in [0.2, 0.25) is 0 Å². The van der Waals surface area contributed by atoms with Crippen LogP contribution in [0.25, 0.3) is 0 Å². The van der Waals surface area contributed by atoms with Gasteiger partial charge in [-0.3, -0.25) is 0 Å². The van der Waals surface area contributed by atoms with Crippen LogP contribution in [0.4, 0.5) is 0 Å². The van der Waals surface area contributed by atoms with Gasteiger partial charge in [-0.25, -0.2) is 0 Å². The van der Waals surface area contributed by atoms with E-state index in [9.17, 15) is 0 Å². The number of likely N-dealkylation sites (N-methyl/N-ethyl adjacent to an activating group) is 1. The fraction of sp³-hybridized carbons (Fsp3) is 0.556. The molecule has 0 saturated carbocycles. The Morgan fingerprint density at radius 3 is 2.83 bits per heavy atom. The Bertz CT molecular complexity index is 206. The van der Waals surface area contributed by atoms with Gasteiger partial charge in [0.15, 0.2) is 0 Å². The van der Waals surface area contributed by atoms with Gasteiger partial charge < -0.3 is 10.6 Å². The molecule has 2 N–H and O–H groups in total. The van der Waals surface area contributed by atoms with Crippen LogP contribution in [0.3, 0.4) is 0 Å². The van der Waals surface area contributed by atoms with E-state index < -0.39 is 0 Å². The third kappa shape index (κ3) is 3.34. The highest BCUT2D eigenvalue weighted by Crippen LogP contribution is 2.10. The van der Waals surface area contributed by atoms with E-state index in [1.165, 1.54) is 4.88 Å². The SMILES string of the molecule is CN(C)CC(N)Cc1cccs1. The molecular weight excluding hydrogens is 168 g/mol. The predicted molar refractivity (Wildman–Crippen MR) is 54.6 cm³/mol. The van der Waals surface area contributed by atoms with Gasteiger partial charge in [-0.15, -0.1) is 11.3 Å². The maximum atomic E-state index is 5.93. The standard InChI is InChI=1S/C9H16N2S/c1-11(2)7-8(10)6-9-4-3-5-12-9/h3-5,8H,6-7,10H2,1-2H3. The lowest BCUT2D eigenvalue weighted by atomic mass is 10.2. The molecule has 1 heterocycles. The number of thiophene rings is 1. The van der Waals surface area contributed by atoms with Gasteiger partial charge in [-0.05, 0) is 32.0 Å². The summed E-state index contributed by atoms with van der Waals surface area (Å²) < 4.78 is 0. The summed E-state index contributed by atoms with van der Waals surface area (Å²) in [5, 5.41) is 2.09. The molecule has 1 aromatic heterocycles. The molecule has 1 rings (SSSR count). The first-order chi connectivity index (χ1) is 5.68. The fourth-order valence-electron chi connectivity index (χ4n) is 1.22. The molecule has 0 amide bonds. The fourth-order valence-corrected chi connectivity index (χ4v) is 2.02. The molecule has 12 heavy (non-hydrogen) atoms. The number of hydrogen-bond donors (Lipinski definition) is 1. The monoisotopic (exact) mass is 184 g/mol. The van der Waals surface area contributed by atoms with Crippen molar-refractivity contribution in [1.29, 1.82) is 0 Å². The minimum Gasteiger partial charge on any atom is -0.326 e. The van der Waals surface area contributed by atoms with Gasteiger partial charge in [0.05, 0.1) is 0 Å². The Labute approximate surface area is 78.0 Å². The van der Waals surface area contributed by atoms with Gasteiger partial charge in [-0.1, -0.05) is 6.07 Å². The average molecular weight is 184 g/mol. The van der Waals surface area contributed by atoms with Crippen molar-refractivity contribution in [2.45, 2.75) is 12.5 Å². The number of nitrogens with two attached hydrogens (primary N) is 1. The average Bonchev–Trinajstić information content (AvgIpc) is 2.37. The van der Waals surface area contributed by atoms with Gasteiger partial charge in [0.1, 0.15) is 0 Å². The van der Waals surface area contributed by atoms with Crippen molar-refractivity contribution in [2.24, 2.45) is 5.73 Å². The third-order valence-corrected chi connectivity index (χ3v) is 2.54. The Balaban J connectivity index is 2.32. The highest BCUT2D eigenvalue weighted by atomic mass is 32.1. The normalized spacial score (nSPS) is 13.7. The first kappa shape index (κ1) is 9.71. The molecule has 0 spiro atoms. The molecule has 68 valence electrons. The summed E-state index contributed by atoms with van der Waals surface area (Å²) in [4.78, 5) is 3.50. The lowest BCUT2D eigenvalue weighted by molar-refractivity contribution is 0.372. The smallest absolute Gasteiger partial charge is 0.0216 e. The first-order valence-electron chi connectivity index (χ1n) is 4.11. The largest absolute Gasteiger partial charge is 0.326 e. The van der Waals surface area contributed by atoms with E-state index in [0.717, 1.165) is 13.0 Å². The van der Waals surface area contributed by atoms with Crippen LogP contribution in [0, 0.1) is 0 Å². The molecular formula is C9H16N2S. The summed E-state index contributed by atoms with van der Waals surface area (Å²) in [5.41, 5.74) is 5.93. The van der Waals surface area contributed by atoms with Gasteiger partial charge in [0, 0.05) is 17.5 Å². The topological polar surface area (TPSA) is 29.3 Å². The van der Waals surface area contributed by atoms with E-state index in [4.69, 9.17) is 5.73 Å². The molecule has 0 bridgehead atoms. The maximum absolute atomic E-state index is 5.93. The van der Waals surface area contributed by atoms with Crippen LogP contribution in [-0.4, -0.2) is 31.6 Å². The highest BCUT2D eigenvalue weighted by Gasteiger charge is 2.05. The molecule has 0 fully saturated rings.